The third-order valence-electron chi connectivity index (χ3n) is 2.68. The molecular weight excluding hydrogens is 280 g/mol. The van der Waals surface area contributed by atoms with Crippen molar-refractivity contribution in [2.45, 2.75) is 6.29 Å². The fourth-order valence-corrected chi connectivity index (χ4v) is 3.43. The Balaban J connectivity index is 1.70. The Hall–Kier alpha value is -1.27. The molecule has 0 aromatic carbocycles. The van der Waals surface area contributed by atoms with Gasteiger partial charge in [0.1, 0.15) is 0 Å². The zero-order valence-electron chi connectivity index (χ0n) is 10.1. The van der Waals surface area contributed by atoms with Crippen LogP contribution in [0.15, 0.2) is 24.3 Å². The SMILES string of the molecule is O=Cc1ccc(/C=C/c2ccc(C3OCCO3)s2)s1. The summed E-state index contributed by atoms with van der Waals surface area (Å²) in [6, 6.07) is 7.86. The molecule has 19 heavy (non-hydrogen) atoms. The highest BCUT2D eigenvalue weighted by molar-refractivity contribution is 7.14. The Morgan fingerprint density at radius 2 is 1.58 bits per heavy atom. The average Bonchev–Trinajstić information content (AvgIpc) is 3.16. The van der Waals surface area contributed by atoms with Gasteiger partial charge in [-0.05, 0) is 36.4 Å². The molecule has 3 nitrogen and oxygen atoms in total. The molecular formula is C14H12O3S2. The average molecular weight is 292 g/mol. The lowest BCUT2D eigenvalue weighted by atomic mass is 10.3. The molecule has 0 N–H and O–H groups in total. The van der Waals surface area contributed by atoms with Crippen LogP contribution in [0.4, 0.5) is 0 Å². The van der Waals surface area contributed by atoms with Gasteiger partial charge in [0.25, 0.3) is 0 Å². The maximum Gasteiger partial charge on any atom is 0.193 e. The third kappa shape index (κ3) is 3.01. The van der Waals surface area contributed by atoms with Crippen molar-refractivity contribution in [2.24, 2.45) is 0 Å². The molecule has 3 heterocycles. The van der Waals surface area contributed by atoms with Crippen molar-refractivity contribution in [3.8, 4) is 0 Å². The van der Waals surface area contributed by atoms with Gasteiger partial charge in [-0.15, -0.1) is 22.7 Å². The molecule has 0 spiro atoms. The molecule has 2 aromatic rings. The van der Waals surface area contributed by atoms with Gasteiger partial charge in [-0.1, -0.05) is 0 Å². The topological polar surface area (TPSA) is 35.5 Å². The van der Waals surface area contributed by atoms with E-state index in [1.807, 2.05) is 30.4 Å². The number of rotatable bonds is 4. The number of thiophene rings is 2. The van der Waals surface area contributed by atoms with Crippen molar-refractivity contribution in [1.82, 2.24) is 0 Å². The second-order valence-electron chi connectivity index (χ2n) is 4.00. The Labute approximate surface area is 119 Å². The van der Waals surface area contributed by atoms with E-state index in [1.165, 1.54) is 11.3 Å². The minimum Gasteiger partial charge on any atom is -0.345 e. The molecule has 98 valence electrons. The second kappa shape index (κ2) is 5.79. The van der Waals surface area contributed by atoms with E-state index in [1.54, 1.807) is 11.3 Å². The van der Waals surface area contributed by atoms with Crippen LogP contribution in [-0.2, 0) is 9.47 Å². The lowest BCUT2D eigenvalue weighted by Gasteiger charge is -2.04. The predicted octanol–water partition coefficient (Wildman–Crippen LogP) is 3.84. The van der Waals surface area contributed by atoms with Crippen LogP contribution < -0.4 is 0 Å². The molecule has 0 saturated carbocycles. The van der Waals surface area contributed by atoms with E-state index in [2.05, 4.69) is 6.07 Å². The molecule has 5 heteroatoms. The van der Waals surface area contributed by atoms with Gasteiger partial charge in [-0.3, -0.25) is 4.79 Å². The van der Waals surface area contributed by atoms with Gasteiger partial charge < -0.3 is 9.47 Å². The predicted molar refractivity (Wildman–Crippen MR) is 77.6 cm³/mol. The third-order valence-corrected chi connectivity index (χ3v) is 4.73. The Bertz CT molecular complexity index is 591. The van der Waals surface area contributed by atoms with Crippen molar-refractivity contribution < 1.29 is 14.3 Å². The molecule has 0 atom stereocenters. The number of aldehydes is 1. The number of ether oxygens (including phenoxy) is 2. The summed E-state index contributed by atoms with van der Waals surface area (Å²) in [4.78, 5) is 14.7. The molecule has 0 amide bonds. The van der Waals surface area contributed by atoms with Crippen LogP contribution in [0.5, 0.6) is 0 Å². The first kappa shape index (κ1) is 12.7. The summed E-state index contributed by atoms with van der Waals surface area (Å²) < 4.78 is 10.9. The molecule has 3 rings (SSSR count). The maximum atomic E-state index is 10.6. The minimum absolute atomic E-state index is 0.199. The smallest absolute Gasteiger partial charge is 0.193 e. The summed E-state index contributed by atoms with van der Waals surface area (Å²) >= 11 is 3.14. The van der Waals surface area contributed by atoms with E-state index < -0.39 is 0 Å². The fraction of sp³-hybridized carbons (Fsp3) is 0.214. The number of carbonyl (C=O) groups is 1. The van der Waals surface area contributed by atoms with E-state index in [-0.39, 0.29) is 6.29 Å². The van der Waals surface area contributed by atoms with Crippen molar-refractivity contribution in [3.63, 3.8) is 0 Å². The highest BCUT2D eigenvalue weighted by Gasteiger charge is 2.19. The summed E-state index contributed by atoms with van der Waals surface area (Å²) in [5.74, 6) is 0. The molecule has 0 aliphatic carbocycles. The second-order valence-corrected chi connectivity index (χ2v) is 6.30. The number of carbonyl (C=O) groups excluding carboxylic acids is 1. The fourth-order valence-electron chi connectivity index (χ4n) is 1.79. The van der Waals surface area contributed by atoms with Gasteiger partial charge in [-0.25, -0.2) is 0 Å². The first-order chi connectivity index (χ1) is 9.35. The monoisotopic (exact) mass is 292 g/mol. The first-order valence-corrected chi connectivity index (χ1v) is 7.54. The van der Waals surface area contributed by atoms with Crippen molar-refractivity contribution >= 4 is 41.1 Å². The normalized spacial score (nSPS) is 16.4. The molecule has 2 aromatic heterocycles. The van der Waals surface area contributed by atoms with E-state index >= 15 is 0 Å². The van der Waals surface area contributed by atoms with Crippen molar-refractivity contribution in [2.75, 3.05) is 13.2 Å². The quantitative estimate of drug-likeness (QED) is 0.803. The summed E-state index contributed by atoms with van der Waals surface area (Å²) in [7, 11) is 0. The van der Waals surface area contributed by atoms with Gasteiger partial charge in [0.05, 0.1) is 23.0 Å². The molecule has 0 radical (unpaired) electrons. The van der Waals surface area contributed by atoms with Crippen LogP contribution in [-0.4, -0.2) is 19.5 Å². The molecule has 1 fully saturated rings. The summed E-state index contributed by atoms with van der Waals surface area (Å²) in [5, 5.41) is 0. The van der Waals surface area contributed by atoms with Crippen molar-refractivity contribution in [3.05, 3.63) is 43.8 Å². The molecule has 0 unspecified atom stereocenters. The van der Waals surface area contributed by atoms with Gasteiger partial charge in [0, 0.05) is 9.75 Å². The molecule has 1 aliphatic heterocycles. The van der Waals surface area contributed by atoms with Crippen LogP contribution in [0.3, 0.4) is 0 Å². The van der Waals surface area contributed by atoms with E-state index in [0.717, 1.165) is 25.8 Å². The van der Waals surface area contributed by atoms with Crippen LogP contribution in [0.2, 0.25) is 0 Å². The summed E-state index contributed by atoms with van der Waals surface area (Å²) in [5.41, 5.74) is 0. The van der Waals surface area contributed by atoms with Crippen LogP contribution >= 0.6 is 22.7 Å². The number of hydrogen-bond donors (Lipinski definition) is 0. The summed E-state index contributed by atoms with van der Waals surface area (Å²) in [6.45, 7) is 1.33. The van der Waals surface area contributed by atoms with E-state index in [4.69, 9.17) is 9.47 Å². The van der Waals surface area contributed by atoms with Gasteiger partial charge >= 0.3 is 0 Å². The zero-order chi connectivity index (χ0) is 13.1. The maximum absolute atomic E-state index is 10.6. The van der Waals surface area contributed by atoms with E-state index in [0.29, 0.717) is 13.2 Å². The standard InChI is InChI=1S/C14H12O3S2/c15-9-12-4-3-10(18-12)1-2-11-5-6-13(19-11)14-16-7-8-17-14/h1-6,9,14H,7-8H2/b2-1+. The highest BCUT2D eigenvalue weighted by atomic mass is 32.1. The first-order valence-electron chi connectivity index (χ1n) is 5.91. The highest BCUT2D eigenvalue weighted by Crippen LogP contribution is 2.30. The van der Waals surface area contributed by atoms with E-state index in [9.17, 15) is 4.79 Å². The molecule has 0 bridgehead atoms. The zero-order valence-corrected chi connectivity index (χ0v) is 11.7. The van der Waals surface area contributed by atoms with Crippen molar-refractivity contribution in [1.29, 1.82) is 0 Å². The van der Waals surface area contributed by atoms with Crippen LogP contribution in [0.1, 0.15) is 30.6 Å². The van der Waals surface area contributed by atoms with Crippen LogP contribution in [0.25, 0.3) is 12.2 Å². The summed E-state index contributed by atoms with van der Waals surface area (Å²) in [6.07, 6.45) is 4.74. The minimum atomic E-state index is -0.199. The Morgan fingerprint density at radius 3 is 2.26 bits per heavy atom. The Morgan fingerprint density at radius 1 is 0.947 bits per heavy atom. The molecule has 1 saturated heterocycles. The number of hydrogen-bond acceptors (Lipinski definition) is 5. The van der Waals surface area contributed by atoms with Gasteiger partial charge in [-0.2, -0.15) is 0 Å². The largest absolute Gasteiger partial charge is 0.345 e. The lowest BCUT2D eigenvalue weighted by molar-refractivity contribution is -0.0413. The van der Waals surface area contributed by atoms with Gasteiger partial charge in [0.2, 0.25) is 0 Å². The van der Waals surface area contributed by atoms with Gasteiger partial charge in [0.15, 0.2) is 12.6 Å². The Kier molecular flexibility index (Phi) is 3.89. The molecule has 1 aliphatic rings. The van der Waals surface area contributed by atoms with Crippen LogP contribution in [0, 0.1) is 0 Å². The lowest BCUT2D eigenvalue weighted by Crippen LogP contribution is -1.93.